The van der Waals surface area contributed by atoms with Gasteiger partial charge in [-0.05, 0) is 64.6 Å². The van der Waals surface area contributed by atoms with Crippen molar-refractivity contribution in [3.05, 3.63) is 53.2 Å². The van der Waals surface area contributed by atoms with E-state index < -0.39 is 0 Å². The zero-order chi connectivity index (χ0) is 20.5. The average Bonchev–Trinajstić information content (AvgIpc) is 3.05. The SMILES string of the molecule is CCNC(=NCC1CCN(Cc2nc(C)c(C)o2)CC1)NCCc1ccccc1. The summed E-state index contributed by atoms with van der Waals surface area (Å²) in [5, 5.41) is 6.83. The molecule has 3 rings (SSSR count). The summed E-state index contributed by atoms with van der Waals surface area (Å²) >= 11 is 0. The van der Waals surface area contributed by atoms with Gasteiger partial charge in [0.2, 0.25) is 5.89 Å². The molecule has 6 heteroatoms. The molecule has 6 nitrogen and oxygen atoms in total. The molecule has 0 radical (unpaired) electrons. The Labute approximate surface area is 174 Å². The van der Waals surface area contributed by atoms with Gasteiger partial charge < -0.3 is 15.1 Å². The normalized spacial score (nSPS) is 16.2. The van der Waals surface area contributed by atoms with Gasteiger partial charge in [0.05, 0.1) is 12.2 Å². The number of nitrogens with one attached hydrogen (secondary N) is 2. The Morgan fingerprint density at radius 1 is 1.17 bits per heavy atom. The number of piperidine rings is 1. The highest BCUT2D eigenvalue weighted by Crippen LogP contribution is 2.20. The molecule has 0 spiro atoms. The number of benzene rings is 1. The van der Waals surface area contributed by atoms with E-state index in [0.717, 1.165) is 69.0 Å². The van der Waals surface area contributed by atoms with Crippen LogP contribution >= 0.6 is 0 Å². The molecule has 0 amide bonds. The Morgan fingerprint density at radius 2 is 1.93 bits per heavy atom. The van der Waals surface area contributed by atoms with Gasteiger partial charge in [0.25, 0.3) is 0 Å². The van der Waals surface area contributed by atoms with E-state index in [0.29, 0.717) is 5.92 Å². The van der Waals surface area contributed by atoms with Gasteiger partial charge in [-0.2, -0.15) is 0 Å². The molecule has 158 valence electrons. The number of nitrogens with zero attached hydrogens (tertiary/aromatic N) is 3. The van der Waals surface area contributed by atoms with Gasteiger partial charge in [0.15, 0.2) is 5.96 Å². The average molecular weight is 398 g/mol. The highest BCUT2D eigenvalue weighted by atomic mass is 16.4. The Kier molecular flexibility index (Phi) is 8.11. The van der Waals surface area contributed by atoms with Crippen LogP contribution in [0.15, 0.2) is 39.7 Å². The maximum Gasteiger partial charge on any atom is 0.208 e. The molecule has 1 aromatic heterocycles. The number of aromatic nitrogens is 1. The monoisotopic (exact) mass is 397 g/mol. The van der Waals surface area contributed by atoms with E-state index in [1.807, 2.05) is 13.8 Å². The second-order valence-electron chi connectivity index (χ2n) is 7.85. The summed E-state index contributed by atoms with van der Waals surface area (Å²) in [5.41, 5.74) is 2.35. The molecule has 29 heavy (non-hydrogen) atoms. The number of guanidine groups is 1. The smallest absolute Gasteiger partial charge is 0.208 e. The summed E-state index contributed by atoms with van der Waals surface area (Å²) in [6, 6.07) is 10.6. The molecule has 0 bridgehead atoms. The molecular formula is C23H35N5O. The van der Waals surface area contributed by atoms with Crippen LogP contribution in [-0.2, 0) is 13.0 Å². The van der Waals surface area contributed by atoms with Gasteiger partial charge in [-0.25, -0.2) is 4.98 Å². The molecule has 0 aliphatic carbocycles. The number of rotatable bonds is 8. The summed E-state index contributed by atoms with van der Waals surface area (Å²) in [5.74, 6) is 3.34. The van der Waals surface area contributed by atoms with Crippen molar-refractivity contribution in [3.8, 4) is 0 Å². The first-order chi connectivity index (χ1) is 14.1. The Morgan fingerprint density at radius 3 is 2.59 bits per heavy atom. The lowest BCUT2D eigenvalue weighted by Gasteiger charge is -2.30. The quantitative estimate of drug-likeness (QED) is 0.528. The fourth-order valence-corrected chi connectivity index (χ4v) is 3.66. The van der Waals surface area contributed by atoms with E-state index in [-0.39, 0.29) is 0 Å². The third kappa shape index (κ3) is 6.89. The predicted octanol–water partition coefficient (Wildman–Crippen LogP) is 3.30. The van der Waals surface area contributed by atoms with Crippen molar-refractivity contribution < 1.29 is 4.42 Å². The predicted molar refractivity (Wildman–Crippen MR) is 118 cm³/mol. The van der Waals surface area contributed by atoms with Crippen LogP contribution in [0.4, 0.5) is 0 Å². The summed E-state index contributed by atoms with van der Waals surface area (Å²) in [4.78, 5) is 11.8. The summed E-state index contributed by atoms with van der Waals surface area (Å²) in [6.45, 7) is 11.7. The molecule has 1 saturated heterocycles. The first kappa shape index (κ1) is 21.4. The Hall–Kier alpha value is -2.34. The zero-order valence-electron chi connectivity index (χ0n) is 18.1. The minimum absolute atomic E-state index is 0.642. The van der Waals surface area contributed by atoms with Crippen molar-refractivity contribution >= 4 is 5.96 Å². The molecule has 0 saturated carbocycles. The minimum atomic E-state index is 0.642. The van der Waals surface area contributed by atoms with E-state index in [4.69, 9.17) is 9.41 Å². The van der Waals surface area contributed by atoms with Crippen molar-refractivity contribution in [3.63, 3.8) is 0 Å². The lowest BCUT2D eigenvalue weighted by atomic mass is 9.97. The van der Waals surface area contributed by atoms with Crippen LogP contribution in [0.1, 0.15) is 42.7 Å². The first-order valence-corrected chi connectivity index (χ1v) is 10.9. The molecule has 1 aliphatic rings. The van der Waals surface area contributed by atoms with Crippen LogP contribution in [0.2, 0.25) is 0 Å². The van der Waals surface area contributed by atoms with E-state index in [1.54, 1.807) is 0 Å². The maximum atomic E-state index is 5.73. The lowest BCUT2D eigenvalue weighted by molar-refractivity contribution is 0.166. The number of aliphatic imine (C=N–C) groups is 1. The second-order valence-corrected chi connectivity index (χ2v) is 7.85. The van der Waals surface area contributed by atoms with E-state index in [1.165, 1.54) is 18.4 Å². The van der Waals surface area contributed by atoms with Crippen LogP contribution in [0.25, 0.3) is 0 Å². The molecule has 2 heterocycles. The highest BCUT2D eigenvalue weighted by Gasteiger charge is 2.20. The Bertz CT molecular complexity index is 743. The van der Waals surface area contributed by atoms with Crippen molar-refractivity contribution in [1.82, 2.24) is 20.5 Å². The number of aryl methyl sites for hydroxylation is 2. The number of hydrogen-bond donors (Lipinski definition) is 2. The summed E-state index contributed by atoms with van der Waals surface area (Å²) in [6.07, 6.45) is 3.35. The fraction of sp³-hybridized carbons (Fsp3) is 0.565. The molecule has 0 atom stereocenters. The van der Waals surface area contributed by atoms with Crippen LogP contribution in [0, 0.1) is 19.8 Å². The highest BCUT2D eigenvalue weighted by molar-refractivity contribution is 5.79. The van der Waals surface area contributed by atoms with Gasteiger partial charge in [-0.1, -0.05) is 30.3 Å². The van der Waals surface area contributed by atoms with Crippen LogP contribution in [0.3, 0.4) is 0 Å². The molecular weight excluding hydrogens is 362 g/mol. The van der Waals surface area contributed by atoms with Crippen molar-refractivity contribution in [2.45, 2.75) is 46.6 Å². The Balaban J connectivity index is 1.40. The molecule has 0 unspecified atom stereocenters. The van der Waals surface area contributed by atoms with E-state index in [2.05, 4.69) is 57.8 Å². The van der Waals surface area contributed by atoms with Crippen molar-refractivity contribution in [1.29, 1.82) is 0 Å². The van der Waals surface area contributed by atoms with Gasteiger partial charge in [0, 0.05) is 19.6 Å². The number of likely N-dealkylation sites (tertiary alicyclic amines) is 1. The first-order valence-electron chi connectivity index (χ1n) is 10.9. The van der Waals surface area contributed by atoms with Gasteiger partial charge in [-0.15, -0.1) is 0 Å². The van der Waals surface area contributed by atoms with Crippen LogP contribution in [-0.4, -0.2) is 48.6 Å². The van der Waals surface area contributed by atoms with Crippen molar-refractivity contribution in [2.24, 2.45) is 10.9 Å². The largest absolute Gasteiger partial charge is 0.444 e. The molecule has 1 aliphatic heterocycles. The third-order valence-corrected chi connectivity index (χ3v) is 5.54. The number of hydrogen-bond acceptors (Lipinski definition) is 4. The summed E-state index contributed by atoms with van der Waals surface area (Å²) in [7, 11) is 0. The van der Waals surface area contributed by atoms with Gasteiger partial charge in [0.1, 0.15) is 5.76 Å². The molecule has 2 N–H and O–H groups in total. The summed E-state index contributed by atoms with van der Waals surface area (Å²) < 4.78 is 5.73. The van der Waals surface area contributed by atoms with Gasteiger partial charge >= 0.3 is 0 Å². The maximum absolute atomic E-state index is 5.73. The topological polar surface area (TPSA) is 65.7 Å². The molecule has 1 fully saturated rings. The standard InChI is InChI=1S/C23H35N5O/c1-4-24-23(25-13-10-20-8-6-5-7-9-20)26-16-21-11-14-28(15-12-21)17-22-27-18(2)19(3)29-22/h5-9,21H,4,10-17H2,1-3H3,(H2,24,25,26). The van der Waals surface area contributed by atoms with Gasteiger partial charge in [-0.3, -0.25) is 9.89 Å². The van der Waals surface area contributed by atoms with E-state index >= 15 is 0 Å². The minimum Gasteiger partial charge on any atom is -0.444 e. The zero-order valence-corrected chi connectivity index (χ0v) is 18.1. The number of oxazole rings is 1. The van der Waals surface area contributed by atoms with Crippen LogP contribution < -0.4 is 10.6 Å². The lowest BCUT2D eigenvalue weighted by Crippen LogP contribution is -2.39. The molecule has 1 aromatic carbocycles. The second kappa shape index (κ2) is 11.0. The molecule has 2 aromatic rings. The van der Waals surface area contributed by atoms with Crippen LogP contribution in [0.5, 0.6) is 0 Å². The van der Waals surface area contributed by atoms with E-state index in [9.17, 15) is 0 Å². The third-order valence-electron chi connectivity index (χ3n) is 5.54. The fourth-order valence-electron chi connectivity index (χ4n) is 3.66. The van der Waals surface area contributed by atoms with Crippen molar-refractivity contribution in [2.75, 3.05) is 32.7 Å².